The van der Waals surface area contributed by atoms with Gasteiger partial charge in [-0.2, -0.15) is 0 Å². The van der Waals surface area contributed by atoms with E-state index >= 15 is 0 Å². The molecule has 0 atom stereocenters. The fraction of sp³-hybridized carbons (Fsp3) is 0.571. The lowest BCUT2D eigenvalue weighted by Gasteiger charge is -2.29. The monoisotopic (exact) mass is 359 g/mol. The van der Waals surface area contributed by atoms with Crippen molar-refractivity contribution >= 4 is 22.6 Å². The standard InChI is InChI=1S/C14H22IN3/c1-17(10-11-18-8-6-16-7-9-18)12-13-2-4-14(15)5-3-13/h2-5,16H,6-12H2,1H3. The van der Waals surface area contributed by atoms with E-state index in [0.29, 0.717) is 0 Å². The molecule has 1 aliphatic rings. The van der Waals surface area contributed by atoms with Crippen LogP contribution in [0.1, 0.15) is 5.56 Å². The Hall–Kier alpha value is -0.170. The molecule has 1 N–H and O–H groups in total. The zero-order chi connectivity index (χ0) is 12.8. The highest BCUT2D eigenvalue weighted by Gasteiger charge is 2.09. The highest BCUT2D eigenvalue weighted by Crippen LogP contribution is 2.08. The first-order valence-electron chi connectivity index (χ1n) is 6.60. The van der Waals surface area contributed by atoms with E-state index in [1.165, 1.54) is 28.8 Å². The van der Waals surface area contributed by atoms with Gasteiger partial charge in [0.15, 0.2) is 0 Å². The second kappa shape index (κ2) is 7.43. The van der Waals surface area contributed by atoms with Crippen molar-refractivity contribution in [1.82, 2.24) is 15.1 Å². The summed E-state index contributed by atoms with van der Waals surface area (Å²) in [5, 5.41) is 3.39. The molecule has 1 saturated heterocycles. The second-order valence-corrected chi connectivity index (χ2v) is 6.20. The molecular formula is C14H22IN3. The third kappa shape index (κ3) is 4.84. The number of rotatable bonds is 5. The van der Waals surface area contributed by atoms with Gasteiger partial charge >= 0.3 is 0 Å². The summed E-state index contributed by atoms with van der Waals surface area (Å²) in [6, 6.07) is 8.81. The Balaban J connectivity index is 1.71. The molecule has 2 rings (SSSR count). The van der Waals surface area contributed by atoms with Crippen LogP contribution in [0.25, 0.3) is 0 Å². The smallest absolute Gasteiger partial charge is 0.0231 e. The van der Waals surface area contributed by atoms with Crippen molar-refractivity contribution < 1.29 is 0 Å². The average molecular weight is 359 g/mol. The molecule has 0 aliphatic carbocycles. The zero-order valence-electron chi connectivity index (χ0n) is 11.0. The lowest BCUT2D eigenvalue weighted by atomic mass is 10.2. The number of halogens is 1. The molecule has 18 heavy (non-hydrogen) atoms. The van der Waals surface area contributed by atoms with Crippen molar-refractivity contribution in [2.45, 2.75) is 6.54 Å². The van der Waals surface area contributed by atoms with Gasteiger partial charge < -0.3 is 10.2 Å². The molecule has 0 bridgehead atoms. The quantitative estimate of drug-likeness (QED) is 0.807. The molecule has 1 fully saturated rings. The summed E-state index contributed by atoms with van der Waals surface area (Å²) in [6.45, 7) is 8.04. The lowest BCUT2D eigenvalue weighted by Crippen LogP contribution is -2.45. The molecule has 1 aliphatic heterocycles. The van der Waals surface area contributed by atoms with Gasteiger partial charge in [-0.15, -0.1) is 0 Å². The Morgan fingerprint density at radius 1 is 1.22 bits per heavy atom. The van der Waals surface area contributed by atoms with Gasteiger partial charge in [0.05, 0.1) is 0 Å². The van der Waals surface area contributed by atoms with E-state index in [2.05, 4.69) is 69.0 Å². The van der Waals surface area contributed by atoms with Crippen molar-refractivity contribution in [3.05, 3.63) is 33.4 Å². The van der Waals surface area contributed by atoms with Crippen LogP contribution in [0.15, 0.2) is 24.3 Å². The van der Waals surface area contributed by atoms with Crippen LogP contribution in [0, 0.1) is 3.57 Å². The van der Waals surface area contributed by atoms with Crippen molar-refractivity contribution in [3.63, 3.8) is 0 Å². The number of benzene rings is 1. The van der Waals surface area contributed by atoms with E-state index in [1.54, 1.807) is 0 Å². The van der Waals surface area contributed by atoms with Gasteiger partial charge in [0.25, 0.3) is 0 Å². The van der Waals surface area contributed by atoms with Crippen LogP contribution in [0.4, 0.5) is 0 Å². The van der Waals surface area contributed by atoms with Crippen molar-refractivity contribution in [2.75, 3.05) is 46.3 Å². The molecule has 0 aromatic heterocycles. The van der Waals surface area contributed by atoms with Gasteiger partial charge in [-0.25, -0.2) is 0 Å². The molecule has 1 aromatic carbocycles. The minimum Gasteiger partial charge on any atom is -0.314 e. The van der Waals surface area contributed by atoms with Gasteiger partial charge in [0.1, 0.15) is 0 Å². The number of nitrogens with one attached hydrogen (secondary N) is 1. The molecule has 0 saturated carbocycles. The highest BCUT2D eigenvalue weighted by atomic mass is 127. The van der Waals surface area contributed by atoms with Gasteiger partial charge in [-0.1, -0.05) is 12.1 Å². The first-order chi connectivity index (χ1) is 8.74. The van der Waals surface area contributed by atoms with E-state index in [1.807, 2.05) is 0 Å². The lowest BCUT2D eigenvalue weighted by molar-refractivity contribution is 0.202. The molecule has 3 nitrogen and oxygen atoms in total. The van der Waals surface area contributed by atoms with Gasteiger partial charge in [-0.3, -0.25) is 4.90 Å². The largest absolute Gasteiger partial charge is 0.314 e. The van der Waals surface area contributed by atoms with Gasteiger partial charge in [0, 0.05) is 49.4 Å². The topological polar surface area (TPSA) is 18.5 Å². The summed E-state index contributed by atoms with van der Waals surface area (Å²) in [6.07, 6.45) is 0. The summed E-state index contributed by atoms with van der Waals surface area (Å²) < 4.78 is 1.31. The first-order valence-corrected chi connectivity index (χ1v) is 7.68. The third-order valence-electron chi connectivity index (χ3n) is 3.37. The first kappa shape index (κ1) is 14.2. The van der Waals surface area contributed by atoms with E-state index < -0.39 is 0 Å². The number of piperazine rings is 1. The number of likely N-dealkylation sites (N-methyl/N-ethyl adjacent to an activating group) is 1. The van der Waals surface area contributed by atoms with E-state index in [0.717, 1.165) is 26.2 Å². The van der Waals surface area contributed by atoms with E-state index in [-0.39, 0.29) is 0 Å². The van der Waals surface area contributed by atoms with Gasteiger partial charge in [0.2, 0.25) is 0 Å². The molecule has 0 amide bonds. The van der Waals surface area contributed by atoms with E-state index in [9.17, 15) is 0 Å². The Morgan fingerprint density at radius 3 is 2.56 bits per heavy atom. The Bertz CT molecular complexity index is 347. The summed E-state index contributed by atoms with van der Waals surface area (Å²) in [5.74, 6) is 0. The third-order valence-corrected chi connectivity index (χ3v) is 4.09. The SMILES string of the molecule is CN(CCN1CCNCC1)Cc1ccc(I)cc1. The van der Waals surface area contributed by atoms with Crippen LogP contribution in [-0.4, -0.2) is 56.1 Å². The summed E-state index contributed by atoms with van der Waals surface area (Å²) in [5.41, 5.74) is 1.40. The maximum absolute atomic E-state index is 3.39. The summed E-state index contributed by atoms with van der Waals surface area (Å²) in [7, 11) is 2.21. The molecule has 0 spiro atoms. The van der Waals surface area contributed by atoms with Crippen LogP contribution in [-0.2, 0) is 6.54 Å². The molecular weight excluding hydrogens is 337 g/mol. The van der Waals surface area contributed by atoms with Crippen LogP contribution in [0.5, 0.6) is 0 Å². The molecule has 0 radical (unpaired) electrons. The van der Waals surface area contributed by atoms with Crippen LogP contribution < -0.4 is 5.32 Å². The van der Waals surface area contributed by atoms with Crippen molar-refractivity contribution in [2.24, 2.45) is 0 Å². The fourth-order valence-electron chi connectivity index (χ4n) is 2.23. The summed E-state index contributed by atoms with van der Waals surface area (Å²) in [4.78, 5) is 4.95. The summed E-state index contributed by atoms with van der Waals surface area (Å²) >= 11 is 2.35. The predicted molar refractivity (Wildman–Crippen MR) is 84.8 cm³/mol. The van der Waals surface area contributed by atoms with E-state index in [4.69, 9.17) is 0 Å². The fourth-order valence-corrected chi connectivity index (χ4v) is 2.59. The molecule has 4 heteroatoms. The van der Waals surface area contributed by atoms with Gasteiger partial charge in [-0.05, 0) is 47.3 Å². The molecule has 0 unspecified atom stereocenters. The maximum atomic E-state index is 3.39. The Kier molecular flexibility index (Phi) is 5.88. The number of hydrogen-bond donors (Lipinski definition) is 1. The Labute approximate surface area is 124 Å². The normalized spacial score (nSPS) is 17.3. The Morgan fingerprint density at radius 2 is 1.89 bits per heavy atom. The second-order valence-electron chi connectivity index (χ2n) is 4.96. The minimum atomic E-state index is 1.04. The maximum Gasteiger partial charge on any atom is 0.0231 e. The number of nitrogens with zero attached hydrogens (tertiary/aromatic N) is 2. The van der Waals surface area contributed by atoms with Crippen LogP contribution >= 0.6 is 22.6 Å². The minimum absolute atomic E-state index is 1.04. The average Bonchev–Trinajstić information content (AvgIpc) is 2.40. The number of hydrogen-bond acceptors (Lipinski definition) is 3. The van der Waals surface area contributed by atoms with Crippen LogP contribution in [0.2, 0.25) is 0 Å². The molecule has 100 valence electrons. The molecule has 1 aromatic rings. The molecule has 1 heterocycles. The highest BCUT2D eigenvalue weighted by molar-refractivity contribution is 14.1. The van der Waals surface area contributed by atoms with Crippen molar-refractivity contribution in [1.29, 1.82) is 0 Å². The zero-order valence-corrected chi connectivity index (χ0v) is 13.2. The predicted octanol–water partition coefficient (Wildman–Crippen LogP) is 1.63. The van der Waals surface area contributed by atoms with Crippen LogP contribution in [0.3, 0.4) is 0 Å². The van der Waals surface area contributed by atoms with Crippen molar-refractivity contribution in [3.8, 4) is 0 Å².